The summed E-state index contributed by atoms with van der Waals surface area (Å²) in [5, 5.41) is 0. The van der Waals surface area contributed by atoms with E-state index >= 15 is 0 Å². The number of likely N-dealkylation sites (N-methyl/N-ethyl adjacent to an activating group) is 1. The van der Waals surface area contributed by atoms with E-state index in [9.17, 15) is 0 Å². The molecule has 0 aliphatic carbocycles. The Morgan fingerprint density at radius 3 is 2.50 bits per heavy atom. The van der Waals surface area contributed by atoms with Crippen molar-refractivity contribution in [3.63, 3.8) is 0 Å². The van der Waals surface area contributed by atoms with E-state index in [1.807, 2.05) is 0 Å². The fourth-order valence-corrected chi connectivity index (χ4v) is 1.54. The van der Waals surface area contributed by atoms with Crippen LogP contribution in [-0.2, 0) is 4.74 Å². The summed E-state index contributed by atoms with van der Waals surface area (Å²) in [6.07, 6.45) is 2.63. The highest BCUT2D eigenvalue weighted by Gasteiger charge is 2.22. The molecule has 0 radical (unpaired) electrons. The molecule has 12 heavy (non-hydrogen) atoms. The molecule has 1 atom stereocenters. The lowest BCUT2D eigenvalue weighted by molar-refractivity contribution is -0.0251. The van der Waals surface area contributed by atoms with E-state index in [1.165, 1.54) is 19.4 Å². The van der Waals surface area contributed by atoms with E-state index in [-0.39, 0.29) is 5.60 Å². The molecular weight excluding hydrogens is 150 g/mol. The van der Waals surface area contributed by atoms with Gasteiger partial charge in [-0.05, 0) is 47.2 Å². The van der Waals surface area contributed by atoms with Crippen molar-refractivity contribution in [3.8, 4) is 0 Å². The number of ether oxygens (including phenoxy) is 1. The van der Waals surface area contributed by atoms with E-state index in [4.69, 9.17) is 4.74 Å². The molecule has 0 spiro atoms. The van der Waals surface area contributed by atoms with Gasteiger partial charge in [-0.25, -0.2) is 0 Å². The van der Waals surface area contributed by atoms with E-state index in [0.29, 0.717) is 6.04 Å². The molecular formula is C10H21NO. The summed E-state index contributed by atoms with van der Waals surface area (Å²) in [7, 11) is 2.18. The molecule has 0 amide bonds. The molecule has 1 fully saturated rings. The van der Waals surface area contributed by atoms with Gasteiger partial charge in [-0.2, -0.15) is 0 Å². The molecule has 2 heteroatoms. The highest BCUT2D eigenvalue weighted by Crippen LogP contribution is 2.17. The molecule has 0 aromatic rings. The SMILES string of the molecule is CN1CCC[C@H]1COC(C)(C)C. The van der Waals surface area contributed by atoms with Crippen molar-refractivity contribution in [2.75, 3.05) is 20.2 Å². The van der Waals surface area contributed by atoms with E-state index in [0.717, 1.165) is 6.61 Å². The van der Waals surface area contributed by atoms with Gasteiger partial charge in [-0.3, -0.25) is 0 Å². The molecule has 1 aliphatic rings. The monoisotopic (exact) mass is 171 g/mol. The van der Waals surface area contributed by atoms with Crippen LogP contribution >= 0.6 is 0 Å². The Bertz CT molecular complexity index is 139. The largest absolute Gasteiger partial charge is 0.374 e. The van der Waals surface area contributed by atoms with Gasteiger partial charge in [0.1, 0.15) is 0 Å². The third-order valence-electron chi connectivity index (χ3n) is 2.38. The van der Waals surface area contributed by atoms with Gasteiger partial charge in [0.2, 0.25) is 0 Å². The molecule has 1 heterocycles. The molecule has 1 saturated heterocycles. The molecule has 0 aromatic carbocycles. The highest BCUT2D eigenvalue weighted by molar-refractivity contribution is 4.76. The summed E-state index contributed by atoms with van der Waals surface area (Å²) >= 11 is 0. The first-order valence-corrected chi connectivity index (χ1v) is 4.83. The summed E-state index contributed by atoms with van der Waals surface area (Å²) in [4.78, 5) is 2.39. The number of hydrogen-bond donors (Lipinski definition) is 0. The molecule has 2 nitrogen and oxygen atoms in total. The Hall–Kier alpha value is -0.0800. The Morgan fingerprint density at radius 2 is 2.08 bits per heavy atom. The van der Waals surface area contributed by atoms with Crippen molar-refractivity contribution in [2.45, 2.75) is 45.3 Å². The van der Waals surface area contributed by atoms with Crippen LogP contribution in [0, 0.1) is 0 Å². The quantitative estimate of drug-likeness (QED) is 0.629. The molecule has 0 saturated carbocycles. The summed E-state index contributed by atoms with van der Waals surface area (Å²) in [6, 6.07) is 0.657. The maximum absolute atomic E-state index is 5.74. The van der Waals surface area contributed by atoms with Crippen LogP contribution in [0.15, 0.2) is 0 Å². The number of likely N-dealkylation sites (tertiary alicyclic amines) is 1. The minimum Gasteiger partial charge on any atom is -0.374 e. The maximum Gasteiger partial charge on any atom is 0.0628 e. The zero-order valence-electron chi connectivity index (χ0n) is 8.76. The minimum absolute atomic E-state index is 0.0173. The van der Waals surface area contributed by atoms with Crippen molar-refractivity contribution in [2.24, 2.45) is 0 Å². The van der Waals surface area contributed by atoms with Crippen LogP contribution in [0.1, 0.15) is 33.6 Å². The lowest BCUT2D eigenvalue weighted by Crippen LogP contribution is -2.33. The average Bonchev–Trinajstić information content (AvgIpc) is 2.29. The van der Waals surface area contributed by atoms with Crippen molar-refractivity contribution in [1.29, 1.82) is 0 Å². The normalized spacial score (nSPS) is 26.5. The van der Waals surface area contributed by atoms with Crippen molar-refractivity contribution in [3.05, 3.63) is 0 Å². The second kappa shape index (κ2) is 3.75. The van der Waals surface area contributed by atoms with Gasteiger partial charge in [-0.15, -0.1) is 0 Å². The minimum atomic E-state index is 0.0173. The van der Waals surface area contributed by atoms with Gasteiger partial charge in [-0.1, -0.05) is 0 Å². The van der Waals surface area contributed by atoms with Gasteiger partial charge in [0.05, 0.1) is 12.2 Å². The Labute approximate surface area is 75.9 Å². The first-order valence-electron chi connectivity index (χ1n) is 4.83. The maximum atomic E-state index is 5.74. The number of hydrogen-bond acceptors (Lipinski definition) is 2. The second-order valence-electron chi connectivity index (χ2n) is 4.70. The molecule has 0 bridgehead atoms. The standard InChI is InChI=1S/C10H21NO/c1-10(2,3)12-8-9-6-5-7-11(9)4/h9H,5-8H2,1-4H3/t9-/m0/s1. The van der Waals surface area contributed by atoms with Crippen LogP contribution < -0.4 is 0 Å². The van der Waals surface area contributed by atoms with Gasteiger partial charge >= 0.3 is 0 Å². The Morgan fingerprint density at radius 1 is 1.42 bits per heavy atom. The second-order valence-corrected chi connectivity index (χ2v) is 4.70. The molecule has 0 N–H and O–H groups in total. The van der Waals surface area contributed by atoms with Crippen LogP contribution in [-0.4, -0.2) is 36.7 Å². The van der Waals surface area contributed by atoms with Gasteiger partial charge in [0.25, 0.3) is 0 Å². The fourth-order valence-electron chi connectivity index (χ4n) is 1.54. The topological polar surface area (TPSA) is 12.5 Å². The Balaban J connectivity index is 2.23. The summed E-state index contributed by atoms with van der Waals surface area (Å²) in [5.41, 5.74) is 0.0173. The molecule has 1 rings (SSSR count). The van der Waals surface area contributed by atoms with Crippen molar-refractivity contribution in [1.82, 2.24) is 4.90 Å². The smallest absolute Gasteiger partial charge is 0.0628 e. The van der Waals surface area contributed by atoms with Crippen LogP contribution in [0.4, 0.5) is 0 Å². The molecule has 72 valence electrons. The third kappa shape index (κ3) is 3.11. The predicted octanol–water partition coefficient (Wildman–Crippen LogP) is 1.90. The number of rotatable bonds is 2. The zero-order chi connectivity index (χ0) is 9.19. The highest BCUT2D eigenvalue weighted by atomic mass is 16.5. The molecule has 0 aromatic heterocycles. The van der Waals surface area contributed by atoms with E-state index in [2.05, 4.69) is 32.7 Å². The lowest BCUT2D eigenvalue weighted by atomic mass is 10.2. The lowest BCUT2D eigenvalue weighted by Gasteiger charge is -2.25. The predicted molar refractivity (Wildman–Crippen MR) is 51.4 cm³/mol. The number of nitrogens with zero attached hydrogens (tertiary/aromatic N) is 1. The van der Waals surface area contributed by atoms with Gasteiger partial charge in [0.15, 0.2) is 0 Å². The summed E-state index contributed by atoms with van der Waals surface area (Å²) in [5.74, 6) is 0. The third-order valence-corrected chi connectivity index (χ3v) is 2.38. The average molecular weight is 171 g/mol. The van der Waals surface area contributed by atoms with Crippen LogP contribution in [0.2, 0.25) is 0 Å². The fraction of sp³-hybridized carbons (Fsp3) is 1.00. The van der Waals surface area contributed by atoms with Crippen LogP contribution in [0.3, 0.4) is 0 Å². The first-order chi connectivity index (χ1) is 5.49. The first kappa shape index (κ1) is 10.0. The van der Waals surface area contributed by atoms with Crippen molar-refractivity contribution < 1.29 is 4.74 Å². The van der Waals surface area contributed by atoms with Crippen molar-refractivity contribution >= 4 is 0 Å². The van der Waals surface area contributed by atoms with Gasteiger partial charge < -0.3 is 9.64 Å². The molecule has 1 aliphatic heterocycles. The molecule has 0 unspecified atom stereocenters. The van der Waals surface area contributed by atoms with E-state index < -0.39 is 0 Å². The summed E-state index contributed by atoms with van der Waals surface area (Å²) in [6.45, 7) is 8.46. The van der Waals surface area contributed by atoms with Crippen LogP contribution in [0.25, 0.3) is 0 Å². The van der Waals surface area contributed by atoms with E-state index in [1.54, 1.807) is 0 Å². The zero-order valence-corrected chi connectivity index (χ0v) is 8.76. The van der Waals surface area contributed by atoms with Crippen LogP contribution in [0.5, 0.6) is 0 Å². The Kier molecular flexibility index (Phi) is 3.13. The summed E-state index contributed by atoms with van der Waals surface area (Å²) < 4.78 is 5.74. The van der Waals surface area contributed by atoms with Gasteiger partial charge in [0, 0.05) is 6.04 Å².